The van der Waals surface area contributed by atoms with Gasteiger partial charge in [-0.3, -0.25) is 0 Å². The van der Waals surface area contributed by atoms with Crippen LogP contribution < -0.4 is 0 Å². The van der Waals surface area contributed by atoms with Crippen molar-refractivity contribution in [2.75, 3.05) is 7.11 Å². The van der Waals surface area contributed by atoms with E-state index >= 15 is 0 Å². The predicted molar refractivity (Wildman–Crippen MR) is 68.9 cm³/mol. The monoisotopic (exact) mass is 244 g/mol. The van der Waals surface area contributed by atoms with Crippen molar-refractivity contribution in [2.45, 2.75) is 51.9 Å². The first-order valence-electron chi connectivity index (χ1n) is 5.54. The van der Waals surface area contributed by atoms with E-state index in [1.165, 1.54) is 13.2 Å². The fraction of sp³-hybridized carbons (Fsp3) is 0.750. The molecule has 0 aliphatic rings. The maximum atomic E-state index is 10.9. The zero-order chi connectivity index (χ0) is 13.0. The van der Waals surface area contributed by atoms with Gasteiger partial charge in [0.2, 0.25) is 0 Å². The molecule has 0 saturated heterocycles. The maximum absolute atomic E-state index is 10.9. The van der Waals surface area contributed by atoms with Crippen LogP contribution in [0.25, 0.3) is 0 Å². The number of hydrogen-bond donors (Lipinski definition) is 0. The molecule has 0 spiro atoms. The lowest BCUT2D eigenvalue weighted by atomic mass is 10.2. The number of rotatable bonds is 4. The van der Waals surface area contributed by atoms with E-state index in [-0.39, 0.29) is 17.1 Å². The summed E-state index contributed by atoms with van der Waals surface area (Å²) in [4.78, 5) is 10.9. The second-order valence-electron chi connectivity index (χ2n) is 5.47. The summed E-state index contributed by atoms with van der Waals surface area (Å²) < 4.78 is 10.6. The molecule has 0 saturated carbocycles. The van der Waals surface area contributed by atoms with E-state index in [0.717, 1.165) is 0 Å². The van der Waals surface area contributed by atoms with Crippen LogP contribution in [0.5, 0.6) is 0 Å². The summed E-state index contributed by atoms with van der Waals surface area (Å²) in [6.07, 6.45) is 3.10. The van der Waals surface area contributed by atoms with Gasteiger partial charge in [-0.05, 0) is 25.1 Å². The fourth-order valence-electron chi connectivity index (χ4n) is 0.963. The van der Waals surface area contributed by atoms with Crippen molar-refractivity contribution in [3.63, 3.8) is 0 Å². The molecule has 4 heteroatoms. The lowest BCUT2D eigenvalue weighted by molar-refractivity contribution is -0.134. The van der Waals surface area contributed by atoms with Crippen LogP contribution in [0, 0.1) is 0 Å². The summed E-state index contributed by atoms with van der Waals surface area (Å²) in [5.41, 5.74) is 0. The molecule has 0 fully saturated rings. The van der Waals surface area contributed by atoms with E-state index in [4.69, 9.17) is 4.43 Å². The zero-order valence-corrected chi connectivity index (χ0v) is 12.5. The SMILES string of the molecule is COC(=O)C=CC(C)O[Si](C)(C)C(C)(C)C. The van der Waals surface area contributed by atoms with Gasteiger partial charge in [-0.1, -0.05) is 26.8 Å². The van der Waals surface area contributed by atoms with Gasteiger partial charge in [0, 0.05) is 6.08 Å². The van der Waals surface area contributed by atoms with E-state index < -0.39 is 8.32 Å². The van der Waals surface area contributed by atoms with Gasteiger partial charge in [0.05, 0.1) is 13.2 Å². The molecule has 0 aliphatic carbocycles. The van der Waals surface area contributed by atoms with Crippen molar-refractivity contribution in [3.05, 3.63) is 12.2 Å². The van der Waals surface area contributed by atoms with Gasteiger partial charge in [-0.2, -0.15) is 0 Å². The molecule has 0 heterocycles. The Hall–Kier alpha value is -0.613. The van der Waals surface area contributed by atoms with E-state index in [2.05, 4.69) is 38.6 Å². The fourth-order valence-corrected chi connectivity index (χ4v) is 2.32. The standard InChI is InChI=1S/C12H24O3Si/c1-10(8-9-11(13)14-5)15-16(6,7)12(2,3)4/h8-10H,1-7H3. The second-order valence-corrected chi connectivity index (χ2v) is 10.2. The molecule has 0 radical (unpaired) electrons. The molecule has 0 aliphatic heterocycles. The van der Waals surface area contributed by atoms with Gasteiger partial charge in [0.1, 0.15) is 0 Å². The first-order valence-corrected chi connectivity index (χ1v) is 8.45. The highest BCUT2D eigenvalue weighted by molar-refractivity contribution is 6.74. The molecule has 1 atom stereocenters. The van der Waals surface area contributed by atoms with E-state index in [1.54, 1.807) is 6.08 Å². The van der Waals surface area contributed by atoms with Gasteiger partial charge >= 0.3 is 5.97 Å². The zero-order valence-electron chi connectivity index (χ0n) is 11.5. The average molecular weight is 244 g/mol. The third kappa shape index (κ3) is 4.94. The third-order valence-corrected chi connectivity index (χ3v) is 7.56. The van der Waals surface area contributed by atoms with E-state index in [1.807, 2.05) is 6.92 Å². The quantitative estimate of drug-likeness (QED) is 0.433. The first-order chi connectivity index (χ1) is 7.10. The second kappa shape index (κ2) is 5.64. The molecule has 94 valence electrons. The Labute approximate surface area is 100.0 Å². The molecule has 3 nitrogen and oxygen atoms in total. The molecule has 0 aromatic carbocycles. The third-order valence-electron chi connectivity index (χ3n) is 2.99. The lowest BCUT2D eigenvalue weighted by Crippen LogP contribution is -2.42. The highest BCUT2D eigenvalue weighted by Gasteiger charge is 2.37. The van der Waals surface area contributed by atoms with Crippen molar-refractivity contribution in [1.29, 1.82) is 0 Å². The molecule has 0 N–H and O–H groups in total. The Morgan fingerprint density at radius 3 is 2.19 bits per heavy atom. The lowest BCUT2D eigenvalue weighted by Gasteiger charge is -2.37. The van der Waals surface area contributed by atoms with Gasteiger partial charge in [-0.15, -0.1) is 0 Å². The summed E-state index contributed by atoms with van der Waals surface area (Å²) in [5.74, 6) is -0.342. The summed E-state index contributed by atoms with van der Waals surface area (Å²) in [7, 11) is -0.386. The molecule has 1 unspecified atom stereocenters. The van der Waals surface area contributed by atoms with Crippen molar-refractivity contribution in [3.8, 4) is 0 Å². The average Bonchev–Trinajstić information content (AvgIpc) is 2.11. The minimum atomic E-state index is -1.75. The molecule has 0 aromatic rings. The van der Waals surface area contributed by atoms with Crippen molar-refractivity contribution in [1.82, 2.24) is 0 Å². The molecule has 0 amide bonds. The Morgan fingerprint density at radius 1 is 1.31 bits per heavy atom. The number of ether oxygens (including phenoxy) is 1. The molecular weight excluding hydrogens is 220 g/mol. The van der Waals surface area contributed by atoms with Crippen molar-refractivity contribution < 1.29 is 14.0 Å². The van der Waals surface area contributed by atoms with Crippen LogP contribution >= 0.6 is 0 Å². The molecule has 0 aromatic heterocycles. The van der Waals surface area contributed by atoms with Gasteiger partial charge in [0.15, 0.2) is 8.32 Å². The summed E-state index contributed by atoms with van der Waals surface area (Å²) in [5, 5.41) is 0.181. The number of esters is 1. The number of hydrogen-bond acceptors (Lipinski definition) is 3. The normalized spacial score (nSPS) is 15.2. The molecule has 16 heavy (non-hydrogen) atoms. The summed E-state index contributed by atoms with van der Waals surface area (Å²) in [6.45, 7) is 12.9. The largest absolute Gasteiger partial charge is 0.466 e. The Kier molecular flexibility index (Phi) is 5.42. The summed E-state index contributed by atoms with van der Waals surface area (Å²) in [6, 6.07) is 0. The predicted octanol–water partition coefficient (Wildman–Crippen LogP) is 3.13. The van der Waals surface area contributed by atoms with Gasteiger partial charge in [-0.25, -0.2) is 4.79 Å². The van der Waals surface area contributed by atoms with E-state index in [9.17, 15) is 4.79 Å². The van der Waals surface area contributed by atoms with Crippen LogP contribution in [0.1, 0.15) is 27.7 Å². The van der Waals surface area contributed by atoms with Crippen LogP contribution in [-0.4, -0.2) is 27.5 Å². The Balaban J connectivity index is 4.40. The number of carbonyl (C=O) groups is 1. The molecule has 0 rings (SSSR count). The summed E-state index contributed by atoms with van der Waals surface area (Å²) >= 11 is 0. The Morgan fingerprint density at radius 2 is 1.81 bits per heavy atom. The minimum absolute atomic E-state index is 0.0556. The minimum Gasteiger partial charge on any atom is -0.466 e. The number of carbonyl (C=O) groups excluding carboxylic acids is 1. The van der Waals surface area contributed by atoms with Crippen LogP contribution in [0.15, 0.2) is 12.2 Å². The maximum Gasteiger partial charge on any atom is 0.330 e. The topological polar surface area (TPSA) is 35.5 Å². The Bertz CT molecular complexity index is 264. The van der Waals surface area contributed by atoms with Crippen molar-refractivity contribution >= 4 is 14.3 Å². The van der Waals surface area contributed by atoms with Crippen LogP contribution in [0.3, 0.4) is 0 Å². The number of methoxy groups -OCH3 is 1. The highest BCUT2D eigenvalue weighted by Crippen LogP contribution is 2.37. The molecule has 0 bridgehead atoms. The van der Waals surface area contributed by atoms with Crippen molar-refractivity contribution in [2.24, 2.45) is 0 Å². The van der Waals surface area contributed by atoms with Gasteiger partial charge in [0.25, 0.3) is 0 Å². The van der Waals surface area contributed by atoms with Crippen LogP contribution in [-0.2, 0) is 14.0 Å². The molecular formula is C12H24O3Si. The smallest absolute Gasteiger partial charge is 0.330 e. The van der Waals surface area contributed by atoms with E-state index in [0.29, 0.717) is 0 Å². The van der Waals surface area contributed by atoms with Crippen LogP contribution in [0.4, 0.5) is 0 Å². The van der Waals surface area contributed by atoms with Gasteiger partial charge < -0.3 is 9.16 Å². The first kappa shape index (κ1) is 15.4. The highest BCUT2D eigenvalue weighted by atomic mass is 28.4. The van der Waals surface area contributed by atoms with Crippen LogP contribution in [0.2, 0.25) is 18.1 Å².